The Balaban J connectivity index is 1.49. The van der Waals surface area contributed by atoms with E-state index in [0.29, 0.717) is 39.0 Å². The van der Waals surface area contributed by atoms with Crippen LogP contribution in [0.2, 0.25) is 0 Å². The SMILES string of the molecule is COc1ccc(N2CCN(C(=O)COC(=O)C3(NC(C)=O)CCCCC3)CC2)cc1. The van der Waals surface area contributed by atoms with E-state index in [1.165, 1.54) is 6.92 Å². The number of benzene rings is 1. The van der Waals surface area contributed by atoms with E-state index in [1.807, 2.05) is 24.3 Å². The van der Waals surface area contributed by atoms with Gasteiger partial charge in [0.1, 0.15) is 11.3 Å². The van der Waals surface area contributed by atoms with Gasteiger partial charge in [-0.15, -0.1) is 0 Å². The molecule has 1 saturated heterocycles. The topological polar surface area (TPSA) is 88.2 Å². The first kappa shape index (κ1) is 21.9. The molecular weight excluding hydrogens is 386 g/mol. The maximum Gasteiger partial charge on any atom is 0.332 e. The first-order valence-corrected chi connectivity index (χ1v) is 10.6. The monoisotopic (exact) mass is 417 g/mol. The molecule has 1 heterocycles. The van der Waals surface area contributed by atoms with Crippen LogP contribution >= 0.6 is 0 Å². The van der Waals surface area contributed by atoms with E-state index in [0.717, 1.165) is 30.7 Å². The highest BCUT2D eigenvalue weighted by Gasteiger charge is 2.42. The molecule has 0 radical (unpaired) electrons. The van der Waals surface area contributed by atoms with Crippen LogP contribution in [0.3, 0.4) is 0 Å². The highest BCUT2D eigenvalue weighted by molar-refractivity contribution is 5.89. The maximum absolute atomic E-state index is 12.7. The Labute approximate surface area is 177 Å². The molecule has 0 spiro atoms. The number of anilines is 1. The van der Waals surface area contributed by atoms with Crippen LogP contribution < -0.4 is 15.0 Å². The molecule has 8 heteroatoms. The van der Waals surface area contributed by atoms with Gasteiger partial charge in [-0.3, -0.25) is 9.59 Å². The second kappa shape index (κ2) is 9.82. The molecule has 8 nitrogen and oxygen atoms in total. The Morgan fingerprint density at radius 2 is 1.63 bits per heavy atom. The number of carbonyl (C=O) groups is 3. The zero-order valence-corrected chi connectivity index (χ0v) is 17.8. The minimum atomic E-state index is -0.989. The van der Waals surface area contributed by atoms with Crippen molar-refractivity contribution >= 4 is 23.5 Å². The van der Waals surface area contributed by atoms with Gasteiger partial charge < -0.3 is 24.6 Å². The molecule has 1 saturated carbocycles. The smallest absolute Gasteiger partial charge is 0.332 e. The molecule has 3 rings (SSSR count). The van der Waals surface area contributed by atoms with E-state index in [4.69, 9.17) is 9.47 Å². The van der Waals surface area contributed by atoms with E-state index >= 15 is 0 Å². The lowest BCUT2D eigenvalue weighted by molar-refractivity contribution is -0.160. The van der Waals surface area contributed by atoms with Crippen molar-refractivity contribution in [1.82, 2.24) is 10.2 Å². The Morgan fingerprint density at radius 3 is 2.20 bits per heavy atom. The van der Waals surface area contributed by atoms with Crippen molar-refractivity contribution in [2.45, 2.75) is 44.6 Å². The van der Waals surface area contributed by atoms with Crippen LogP contribution in [-0.2, 0) is 19.1 Å². The fourth-order valence-electron chi connectivity index (χ4n) is 4.24. The van der Waals surface area contributed by atoms with Gasteiger partial charge in [0.25, 0.3) is 5.91 Å². The van der Waals surface area contributed by atoms with Crippen molar-refractivity contribution in [3.05, 3.63) is 24.3 Å². The summed E-state index contributed by atoms with van der Waals surface area (Å²) in [7, 11) is 1.64. The van der Waals surface area contributed by atoms with Crippen molar-refractivity contribution in [2.24, 2.45) is 0 Å². The number of rotatable bonds is 6. The Morgan fingerprint density at radius 1 is 1.00 bits per heavy atom. The van der Waals surface area contributed by atoms with Crippen LogP contribution in [0.25, 0.3) is 0 Å². The molecule has 1 aliphatic heterocycles. The molecule has 1 aliphatic carbocycles. The van der Waals surface area contributed by atoms with Gasteiger partial charge >= 0.3 is 5.97 Å². The summed E-state index contributed by atoms with van der Waals surface area (Å²) in [5.74, 6) is -0.145. The third-order valence-corrected chi connectivity index (χ3v) is 5.91. The van der Waals surface area contributed by atoms with Gasteiger partial charge in [-0.25, -0.2) is 4.79 Å². The molecule has 0 unspecified atom stereocenters. The number of nitrogens with zero attached hydrogens (tertiary/aromatic N) is 2. The summed E-state index contributed by atoms with van der Waals surface area (Å²) in [6, 6.07) is 7.85. The molecule has 2 fully saturated rings. The summed E-state index contributed by atoms with van der Waals surface area (Å²) >= 11 is 0. The van der Waals surface area contributed by atoms with Crippen molar-refractivity contribution < 1.29 is 23.9 Å². The molecule has 2 aliphatic rings. The summed E-state index contributed by atoms with van der Waals surface area (Å²) in [5.41, 5.74) is 0.0983. The van der Waals surface area contributed by atoms with Crippen molar-refractivity contribution in [1.29, 1.82) is 0 Å². The van der Waals surface area contributed by atoms with Gasteiger partial charge in [0.15, 0.2) is 6.61 Å². The van der Waals surface area contributed by atoms with Crippen LogP contribution in [0.5, 0.6) is 5.75 Å². The molecular formula is C22H31N3O5. The molecule has 0 aromatic heterocycles. The summed E-state index contributed by atoms with van der Waals surface area (Å²) < 4.78 is 10.6. The van der Waals surface area contributed by atoms with Gasteiger partial charge in [0.05, 0.1) is 7.11 Å². The van der Waals surface area contributed by atoms with Gasteiger partial charge in [0, 0.05) is 38.8 Å². The van der Waals surface area contributed by atoms with E-state index in [2.05, 4.69) is 10.2 Å². The Hall–Kier alpha value is -2.77. The zero-order valence-electron chi connectivity index (χ0n) is 17.8. The van der Waals surface area contributed by atoms with Gasteiger partial charge in [-0.2, -0.15) is 0 Å². The quantitative estimate of drug-likeness (QED) is 0.709. The minimum Gasteiger partial charge on any atom is -0.497 e. The molecule has 2 amide bonds. The number of ether oxygens (including phenoxy) is 2. The standard InChI is InChI=1S/C22H31N3O5/c1-17(26)23-22(10-4-3-5-11-22)21(28)30-16-20(27)25-14-12-24(13-15-25)18-6-8-19(29-2)9-7-18/h6-9H,3-5,10-16H2,1-2H3,(H,23,26). The number of methoxy groups -OCH3 is 1. The van der Waals surface area contributed by atoms with Crippen LogP contribution in [-0.4, -0.2) is 68.1 Å². The fourth-order valence-corrected chi connectivity index (χ4v) is 4.24. The first-order valence-electron chi connectivity index (χ1n) is 10.6. The normalized spacial score (nSPS) is 18.5. The van der Waals surface area contributed by atoms with Gasteiger partial charge in [-0.05, 0) is 37.1 Å². The molecule has 0 atom stereocenters. The Bertz CT molecular complexity index is 751. The van der Waals surface area contributed by atoms with E-state index in [9.17, 15) is 14.4 Å². The van der Waals surface area contributed by atoms with Crippen LogP contribution in [0.1, 0.15) is 39.0 Å². The highest BCUT2D eigenvalue weighted by atomic mass is 16.5. The van der Waals surface area contributed by atoms with Crippen molar-refractivity contribution in [2.75, 3.05) is 44.8 Å². The van der Waals surface area contributed by atoms with Crippen LogP contribution in [0.15, 0.2) is 24.3 Å². The predicted molar refractivity (Wildman–Crippen MR) is 112 cm³/mol. The molecule has 30 heavy (non-hydrogen) atoms. The van der Waals surface area contributed by atoms with Crippen LogP contribution in [0.4, 0.5) is 5.69 Å². The summed E-state index contributed by atoms with van der Waals surface area (Å²) in [6.45, 7) is 3.67. The minimum absolute atomic E-state index is 0.202. The number of amides is 2. The third kappa shape index (κ3) is 5.23. The number of hydrogen-bond acceptors (Lipinski definition) is 6. The highest BCUT2D eigenvalue weighted by Crippen LogP contribution is 2.29. The number of esters is 1. The average Bonchev–Trinajstić information content (AvgIpc) is 2.77. The van der Waals surface area contributed by atoms with E-state index in [-0.39, 0.29) is 18.4 Å². The molecule has 1 N–H and O–H groups in total. The molecule has 0 bridgehead atoms. The largest absolute Gasteiger partial charge is 0.497 e. The zero-order chi connectivity index (χ0) is 21.6. The first-order chi connectivity index (χ1) is 14.4. The lowest BCUT2D eigenvalue weighted by atomic mass is 9.81. The molecule has 164 valence electrons. The summed E-state index contributed by atoms with van der Waals surface area (Å²) in [4.78, 5) is 40.8. The maximum atomic E-state index is 12.7. The van der Waals surface area contributed by atoms with Crippen LogP contribution in [0, 0.1) is 0 Å². The number of nitrogens with one attached hydrogen (secondary N) is 1. The average molecular weight is 418 g/mol. The second-order valence-corrected chi connectivity index (χ2v) is 7.97. The molecule has 1 aromatic rings. The van der Waals surface area contributed by atoms with Gasteiger partial charge in [0.2, 0.25) is 5.91 Å². The second-order valence-electron chi connectivity index (χ2n) is 7.97. The lowest BCUT2D eigenvalue weighted by Crippen LogP contribution is -2.56. The summed E-state index contributed by atoms with van der Waals surface area (Å²) in [6.07, 6.45) is 3.86. The summed E-state index contributed by atoms with van der Waals surface area (Å²) in [5, 5.41) is 2.78. The number of hydrogen-bond donors (Lipinski definition) is 1. The van der Waals surface area contributed by atoms with Crippen molar-refractivity contribution in [3.8, 4) is 5.75 Å². The molecule has 1 aromatic carbocycles. The predicted octanol–water partition coefficient (Wildman–Crippen LogP) is 1.73. The Kier molecular flexibility index (Phi) is 7.18. The van der Waals surface area contributed by atoms with Gasteiger partial charge in [-0.1, -0.05) is 19.3 Å². The van der Waals surface area contributed by atoms with E-state index < -0.39 is 11.5 Å². The number of carbonyl (C=O) groups excluding carboxylic acids is 3. The lowest BCUT2D eigenvalue weighted by Gasteiger charge is -2.37. The van der Waals surface area contributed by atoms with E-state index in [1.54, 1.807) is 12.0 Å². The third-order valence-electron chi connectivity index (χ3n) is 5.91. The number of piperazine rings is 1. The van der Waals surface area contributed by atoms with Crippen molar-refractivity contribution in [3.63, 3.8) is 0 Å². The fraction of sp³-hybridized carbons (Fsp3) is 0.591.